The number of Topliss-reactive ketones (excluding diaryl/α,β-unsaturated/α-hetero) is 1. The Balaban J connectivity index is 1.61. The number of hydrogen-bond donors (Lipinski definition) is 1. The third-order valence-electron chi connectivity index (χ3n) is 4.75. The minimum Gasteiger partial charge on any atom is -0.378 e. The number of carbonyl (C=O) groups is 1. The van der Waals surface area contributed by atoms with Crippen LogP contribution in [-0.4, -0.2) is 10.8 Å². The zero-order chi connectivity index (χ0) is 19.3. The Bertz CT molecular complexity index is 1090. The zero-order valence-corrected chi connectivity index (χ0v) is 16.8. The van der Waals surface area contributed by atoms with Crippen LogP contribution in [0, 0.1) is 0 Å². The van der Waals surface area contributed by atoms with Gasteiger partial charge in [-0.3, -0.25) is 9.78 Å². The summed E-state index contributed by atoms with van der Waals surface area (Å²) in [6, 6.07) is 25.8. The van der Waals surface area contributed by atoms with Crippen LogP contribution in [0.2, 0.25) is 0 Å². The van der Waals surface area contributed by atoms with Crippen LogP contribution in [0.1, 0.15) is 28.4 Å². The molecule has 0 unspecified atom stereocenters. The van der Waals surface area contributed by atoms with Crippen molar-refractivity contribution in [2.24, 2.45) is 0 Å². The van der Waals surface area contributed by atoms with Crippen LogP contribution in [0.5, 0.6) is 0 Å². The van der Waals surface area contributed by atoms with E-state index >= 15 is 0 Å². The van der Waals surface area contributed by atoms with E-state index in [9.17, 15) is 4.79 Å². The van der Waals surface area contributed by atoms with Gasteiger partial charge in [0.05, 0.1) is 6.04 Å². The summed E-state index contributed by atoms with van der Waals surface area (Å²) in [5.74, 6) is 0.0996. The summed E-state index contributed by atoms with van der Waals surface area (Å²) >= 11 is 3.42. The molecule has 0 bridgehead atoms. The van der Waals surface area contributed by atoms with Crippen molar-refractivity contribution in [3.8, 4) is 0 Å². The number of rotatable bonds is 6. The maximum absolute atomic E-state index is 12.9. The number of pyridine rings is 1. The molecule has 0 aliphatic carbocycles. The van der Waals surface area contributed by atoms with Gasteiger partial charge in [0.15, 0.2) is 5.78 Å². The first-order valence-corrected chi connectivity index (χ1v) is 9.92. The van der Waals surface area contributed by atoms with E-state index in [2.05, 4.69) is 56.6 Å². The molecule has 138 valence electrons. The number of fused-ring (bicyclic) bond motifs is 1. The molecule has 3 nitrogen and oxygen atoms in total. The van der Waals surface area contributed by atoms with Crippen molar-refractivity contribution in [3.63, 3.8) is 0 Å². The predicted octanol–water partition coefficient (Wildman–Crippen LogP) is 6.42. The van der Waals surface area contributed by atoms with Crippen LogP contribution < -0.4 is 5.32 Å². The monoisotopic (exact) mass is 430 g/mol. The average Bonchev–Trinajstić information content (AvgIpc) is 2.74. The number of carbonyl (C=O) groups excluding carboxylic acids is 1. The topological polar surface area (TPSA) is 42.0 Å². The van der Waals surface area contributed by atoms with Gasteiger partial charge in [-0.1, -0.05) is 58.4 Å². The summed E-state index contributed by atoms with van der Waals surface area (Å²) in [6.07, 6.45) is 3.88. The van der Waals surface area contributed by atoms with Gasteiger partial charge in [-0.05, 0) is 52.7 Å². The van der Waals surface area contributed by atoms with Crippen LogP contribution in [0.4, 0.5) is 5.69 Å². The Morgan fingerprint density at radius 1 is 0.893 bits per heavy atom. The lowest BCUT2D eigenvalue weighted by Crippen LogP contribution is -2.16. The maximum Gasteiger partial charge on any atom is 0.165 e. The predicted molar refractivity (Wildman–Crippen MR) is 118 cm³/mol. The minimum absolute atomic E-state index is 0.0996. The van der Waals surface area contributed by atoms with Crippen molar-refractivity contribution >= 4 is 38.2 Å². The van der Waals surface area contributed by atoms with Gasteiger partial charge < -0.3 is 5.32 Å². The fourth-order valence-corrected chi connectivity index (χ4v) is 3.53. The molecular weight excluding hydrogens is 412 g/mol. The van der Waals surface area contributed by atoms with E-state index in [0.717, 1.165) is 15.7 Å². The van der Waals surface area contributed by atoms with Gasteiger partial charge in [-0.15, -0.1) is 0 Å². The highest BCUT2D eigenvalue weighted by molar-refractivity contribution is 9.10. The molecule has 1 heterocycles. The van der Waals surface area contributed by atoms with E-state index in [1.54, 1.807) is 12.4 Å². The first-order valence-electron chi connectivity index (χ1n) is 9.13. The average molecular weight is 431 g/mol. The molecule has 0 spiro atoms. The standard InChI is InChI=1S/C24H19BrN2O/c25-21-8-5-19(6-9-21)24(28)16-23(18-11-13-26-14-12-18)27-22-10-7-17-3-1-2-4-20(17)15-22/h1-15,23,27H,16H2/t23-/m1/s1. The van der Waals surface area contributed by atoms with Crippen LogP contribution in [-0.2, 0) is 0 Å². The minimum atomic E-state index is -0.139. The Hall–Kier alpha value is -2.98. The number of benzene rings is 3. The highest BCUT2D eigenvalue weighted by Gasteiger charge is 2.17. The van der Waals surface area contributed by atoms with E-state index in [1.165, 1.54) is 10.8 Å². The summed E-state index contributed by atoms with van der Waals surface area (Å²) in [4.78, 5) is 17.0. The second-order valence-electron chi connectivity index (χ2n) is 6.67. The number of anilines is 1. The van der Waals surface area contributed by atoms with Crippen LogP contribution in [0.3, 0.4) is 0 Å². The molecule has 0 saturated heterocycles. The lowest BCUT2D eigenvalue weighted by molar-refractivity contribution is 0.0976. The third kappa shape index (κ3) is 4.29. The van der Waals surface area contributed by atoms with Crippen molar-refractivity contribution < 1.29 is 4.79 Å². The van der Waals surface area contributed by atoms with E-state index in [0.29, 0.717) is 12.0 Å². The molecule has 0 aliphatic rings. The lowest BCUT2D eigenvalue weighted by atomic mass is 9.98. The Morgan fingerprint density at radius 3 is 2.36 bits per heavy atom. The van der Waals surface area contributed by atoms with Gasteiger partial charge in [-0.25, -0.2) is 0 Å². The van der Waals surface area contributed by atoms with Crippen LogP contribution >= 0.6 is 15.9 Å². The molecule has 28 heavy (non-hydrogen) atoms. The zero-order valence-electron chi connectivity index (χ0n) is 15.2. The van der Waals surface area contributed by atoms with Crippen molar-refractivity contribution in [2.75, 3.05) is 5.32 Å². The largest absolute Gasteiger partial charge is 0.378 e. The molecule has 0 fully saturated rings. The SMILES string of the molecule is O=C(C[C@@H](Nc1ccc2ccccc2c1)c1ccncc1)c1ccc(Br)cc1. The normalized spacial score (nSPS) is 11.9. The van der Waals surface area contributed by atoms with Crippen molar-refractivity contribution in [3.05, 3.63) is 107 Å². The quantitative estimate of drug-likeness (QED) is 0.358. The fourth-order valence-electron chi connectivity index (χ4n) is 3.27. The molecule has 0 amide bonds. The molecular formula is C24H19BrN2O. The van der Waals surface area contributed by atoms with Gasteiger partial charge in [0.2, 0.25) is 0 Å². The van der Waals surface area contributed by atoms with Crippen molar-refractivity contribution in [1.82, 2.24) is 4.98 Å². The van der Waals surface area contributed by atoms with Crippen molar-refractivity contribution in [2.45, 2.75) is 12.5 Å². The Morgan fingerprint density at radius 2 is 1.61 bits per heavy atom. The number of ketones is 1. The summed E-state index contributed by atoms with van der Waals surface area (Å²) in [5.41, 5.74) is 2.74. The van der Waals surface area contributed by atoms with E-state index in [-0.39, 0.29) is 11.8 Å². The smallest absolute Gasteiger partial charge is 0.165 e. The summed E-state index contributed by atoms with van der Waals surface area (Å²) < 4.78 is 0.962. The molecule has 1 atom stereocenters. The Labute approximate surface area is 172 Å². The number of halogens is 1. The van der Waals surface area contributed by atoms with Gasteiger partial charge in [0.1, 0.15) is 0 Å². The van der Waals surface area contributed by atoms with E-state index in [1.807, 2.05) is 48.5 Å². The molecule has 0 aliphatic heterocycles. The van der Waals surface area contributed by atoms with Gasteiger partial charge >= 0.3 is 0 Å². The fraction of sp³-hybridized carbons (Fsp3) is 0.0833. The van der Waals surface area contributed by atoms with Crippen molar-refractivity contribution in [1.29, 1.82) is 0 Å². The van der Waals surface area contributed by atoms with E-state index in [4.69, 9.17) is 0 Å². The third-order valence-corrected chi connectivity index (χ3v) is 5.28. The van der Waals surface area contributed by atoms with E-state index < -0.39 is 0 Å². The highest BCUT2D eigenvalue weighted by atomic mass is 79.9. The first-order chi connectivity index (χ1) is 13.7. The summed E-state index contributed by atoms with van der Waals surface area (Å²) in [7, 11) is 0. The van der Waals surface area contributed by atoms with Gasteiger partial charge in [0.25, 0.3) is 0 Å². The molecule has 3 aromatic carbocycles. The molecule has 1 N–H and O–H groups in total. The molecule has 1 aromatic heterocycles. The molecule has 0 saturated carbocycles. The number of aromatic nitrogens is 1. The number of hydrogen-bond acceptors (Lipinski definition) is 3. The highest BCUT2D eigenvalue weighted by Crippen LogP contribution is 2.27. The molecule has 4 aromatic rings. The van der Waals surface area contributed by atoms with Gasteiger partial charge in [0, 0.05) is 34.5 Å². The van der Waals surface area contributed by atoms with Gasteiger partial charge in [-0.2, -0.15) is 0 Å². The summed E-state index contributed by atoms with van der Waals surface area (Å²) in [5, 5.41) is 5.90. The second kappa shape index (κ2) is 8.36. The number of nitrogens with one attached hydrogen (secondary N) is 1. The number of nitrogens with zero attached hydrogens (tertiary/aromatic N) is 1. The maximum atomic E-state index is 12.9. The second-order valence-corrected chi connectivity index (χ2v) is 7.59. The molecule has 4 rings (SSSR count). The van der Waals surface area contributed by atoms with Crippen LogP contribution in [0.15, 0.2) is 95.7 Å². The lowest BCUT2D eigenvalue weighted by Gasteiger charge is -2.20. The summed E-state index contributed by atoms with van der Waals surface area (Å²) in [6.45, 7) is 0. The first kappa shape index (κ1) is 18.4. The van der Waals surface area contributed by atoms with Crippen LogP contribution in [0.25, 0.3) is 10.8 Å². The Kier molecular flexibility index (Phi) is 5.49. The molecule has 4 heteroatoms. The molecule has 0 radical (unpaired) electrons.